The highest BCUT2D eigenvalue weighted by Crippen LogP contribution is 2.24. The van der Waals surface area contributed by atoms with Gasteiger partial charge in [0.05, 0.1) is 16.8 Å². The van der Waals surface area contributed by atoms with Gasteiger partial charge in [0.1, 0.15) is 11.5 Å². The normalized spacial score (nSPS) is 11.5. The Hall–Kier alpha value is -3.59. The van der Waals surface area contributed by atoms with Gasteiger partial charge >= 0.3 is 0 Å². The van der Waals surface area contributed by atoms with E-state index in [-0.39, 0.29) is 4.90 Å². The zero-order chi connectivity index (χ0) is 20.1. The molecule has 0 aliphatic rings. The number of hydrogen-bond acceptors (Lipinski definition) is 5. The first kappa shape index (κ1) is 19.2. The van der Waals surface area contributed by atoms with Gasteiger partial charge in [-0.15, -0.1) is 4.40 Å². The number of hydrazone groups is 1. The molecule has 0 saturated heterocycles. The quantitative estimate of drug-likeness (QED) is 0.332. The molecule has 0 spiro atoms. The summed E-state index contributed by atoms with van der Waals surface area (Å²) in [6.45, 7) is 1.99. The van der Waals surface area contributed by atoms with E-state index in [1.807, 2.05) is 31.2 Å². The number of anilines is 1. The van der Waals surface area contributed by atoms with Crippen LogP contribution >= 0.6 is 0 Å². The van der Waals surface area contributed by atoms with Crippen LogP contribution in [-0.4, -0.2) is 20.6 Å². The maximum atomic E-state index is 12.0. The molecule has 5 N–H and O–H groups in total. The zero-order valence-electron chi connectivity index (χ0n) is 15.0. The maximum absolute atomic E-state index is 12.0. The Kier molecular flexibility index (Phi) is 5.46. The molecule has 3 aromatic rings. The Morgan fingerprint density at radius 1 is 1.04 bits per heavy atom. The van der Waals surface area contributed by atoms with Crippen molar-refractivity contribution in [2.75, 3.05) is 5.43 Å². The third-order valence-electron chi connectivity index (χ3n) is 3.81. The molecule has 0 saturated carbocycles. The van der Waals surface area contributed by atoms with E-state index in [1.54, 1.807) is 30.5 Å². The fraction of sp³-hybridized carbons (Fsp3) is 0.0526. The number of sulfonamides is 1. The van der Waals surface area contributed by atoms with Crippen molar-refractivity contribution in [2.24, 2.45) is 21.0 Å². The first-order valence-electron chi connectivity index (χ1n) is 8.26. The molecular weight excluding hydrogens is 378 g/mol. The molecule has 1 heterocycles. The fourth-order valence-corrected chi connectivity index (χ4v) is 3.29. The largest absolute Gasteiger partial charge is 0.455 e. The van der Waals surface area contributed by atoms with Crippen LogP contribution in [0.25, 0.3) is 11.3 Å². The van der Waals surface area contributed by atoms with E-state index >= 15 is 0 Å². The summed E-state index contributed by atoms with van der Waals surface area (Å²) in [5.74, 6) is 0.606. The number of nitrogens with two attached hydrogens (primary N) is 2. The molecule has 2 aromatic carbocycles. The third-order valence-corrected chi connectivity index (χ3v) is 5.13. The molecule has 0 atom stereocenters. The molecule has 0 bridgehead atoms. The van der Waals surface area contributed by atoms with Crippen LogP contribution in [0, 0.1) is 6.92 Å². The van der Waals surface area contributed by atoms with Crippen molar-refractivity contribution < 1.29 is 12.8 Å². The van der Waals surface area contributed by atoms with Gasteiger partial charge in [0.2, 0.25) is 5.96 Å². The van der Waals surface area contributed by atoms with Gasteiger partial charge < -0.3 is 15.9 Å². The van der Waals surface area contributed by atoms with Crippen molar-refractivity contribution in [2.45, 2.75) is 11.8 Å². The summed E-state index contributed by atoms with van der Waals surface area (Å²) in [4.78, 5) is -0.0135. The molecule has 0 aliphatic heterocycles. The van der Waals surface area contributed by atoms with Crippen molar-refractivity contribution in [3.63, 3.8) is 0 Å². The number of para-hydroxylation sites is 1. The van der Waals surface area contributed by atoms with Crippen LogP contribution in [0.2, 0.25) is 0 Å². The van der Waals surface area contributed by atoms with Gasteiger partial charge in [0.15, 0.2) is 0 Å². The maximum Gasteiger partial charge on any atom is 0.285 e. The SMILES string of the molecule is Cc1ccccc1N/N=C\c1ccc(-c2ccc(S(=O)(=O)N=C(N)N)cc2)o1. The molecule has 1 aromatic heterocycles. The van der Waals surface area contributed by atoms with E-state index < -0.39 is 16.0 Å². The minimum Gasteiger partial charge on any atom is -0.455 e. The van der Waals surface area contributed by atoms with Crippen molar-refractivity contribution in [3.8, 4) is 11.3 Å². The Bertz CT molecular complexity index is 1130. The minimum atomic E-state index is -3.92. The summed E-state index contributed by atoms with van der Waals surface area (Å²) in [7, 11) is -3.92. The number of guanidine groups is 1. The lowest BCUT2D eigenvalue weighted by atomic mass is 10.2. The van der Waals surface area contributed by atoms with Crippen LogP contribution in [0.15, 0.2) is 79.5 Å². The molecule has 28 heavy (non-hydrogen) atoms. The summed E-state index contributed by atoms with van der Waals surface area (Å²) < 4.78 is 32.9. The molecule has 0 fully saturated rings. The predicted molar refractivity (Wildman–Crippen MR) is 110 cm³/mol. The molecule has 9 heteroatoms. The second-order valence-corrected chi connectivity index (χ2v) is 7.51. The van der Waals surface area contributed by atoms with Crippen LogP contribution in [0.3, 0.4) is 0 Å². The average Bonchev–Trinajstić information content (AvgIpc) is 3.11. The lowest BCUT2D eigenvalue weighted by Crippen LogP contribution is -2.24. The van der Waals surface area contributed by atoms with Gasteiger partial charge in [-0.2, -0.15) is 13.5 Å². The molecule has 3 rings (SSSR count). The Morgan fingerprint density at radius 3 is 2.43 bits per heavy atom. The van der Waals surface area contributed by atoms with Crippen LogP contribution in [-0.2, 0) is 10.0 Å². The third kappa shape index (κ3) is 4.57. The highest BCUT2D eigenvalue weighted by atomic mass is 32.2. The van der Waals surface area contributed by atoms with Gasteiger partial charge in [0, 0.05) is 5.56 Å². The predicted octanol–water partition coefficient (Wildman–Crippen LogP) is 2.66. The van der Waals surface area contributed by atoms with Crippen molar-refractivity contribution in [3.05, 3.63) is 72.0 Å². The highest BCUT2D eigenvalue weighted by molar-refractivity contribution is 7.90. The highest BCUT2D eigenvalue weighted by Gasteiger charge is 2.13. The van der Waals surface area contributed by atoms with Crippen LogP contribution in [0.5, 0.6) is 0 Å². The smallest absolute Gasteiger partial charge is 0.285 e. The van der Waals surface area contributed by atoms with Crippen molar-refractivity contribution >= 4 is 27.9 Å². The molecule has 8 nitrogen and oxygen atoms in total. The van der Waals surface area contributed by atoms with Crippen LogP contribution in [0.1, 0.15) is 11.3 Å². The summed E-state index contributed by atoms with van der Waals surface area (Å²) in [6, 6.07) is 17.4. The topological polar surface area (TPSA) is 136 Å². The van der Waals surface area contributed by atoms with Crippen molar-refractivity contribution in [1.29, 1.82) is 0 Å². The summed E-state index contributed by atoms with van der Waals surface area (Å²) in [6.07, 6.45) is 1.56. The van der Waals surface area contributed by atoms with E-state index in [4.69, 9.17) is 15.9 Å². The number of rotatable bonds is 6. The minimum absolute atomic E-state index is 0.0135. The Balaban J connectivity index is 1.73. The van der Waals surface area contributed by atoms with E-state index in [0.717, 1.165) is 11.3 Å². The number of furan rings is 1. The number of benzene rings is 2. The van der Waals surface area contributed by atoms with Crippen LogP contribution < -0.4 is 16.9 Å². The molecule has 0 radical (unpaired) electrons. The van der Waals surface area contributed by atoms with Gasteiger partial charge in [-0.25, -0.2) is 0 Å². The van der Waals surface area contributed by atoms with E-state index in [9.17, 15) is 8.42 Å². The summed E-state index contributed by atoms with van der Waals surface area (Å²) >= 11 is 0. The number of hydrogen-bond donors (Lipinski definition) is 3. The zero-order valence-corrected chi connectivity index (χ0v) is 15.8. The van der Waals surface area contributed by atoms with Gasteiger partial charge in [-0.05, 0) is 55.0 Å². The second kappa shape index (κ2) is 7.97. The monoisotopic (exact) mass is 397 g/mol. The first-order chi connectivity index (χ1) is 13.3. The van der Waals surface area contributed by atoms with Gasteiger partial charge in [0.25, 0.3) is 10.0 Å². The molecule has 144 valence electrons. The van der Waals surface area contributed by atoms with E-state index in [2.05, 4.69) is 14.9 Å². The Morgan fingerprint density at radius 2 is 1.75 bits per heavy atom. The lowest BCUT2D eigenvalue weighted by Gasteiger charge is -2.02. The lowest BCUT2D eigenvalue weighted by molar-refractivity contribution is 0.575. The molecule has 0 aliphatic carbocycles. The van der Waals surface area contributed by atoms with Gasteiger partial charge in [-0.3, -0.25) is 5.43 Å². The fourth-order valence-electron chi connectivity index (χ4n) is 2.42. The number of nitrogens with zero attached hydrogens (tertiary/aromatic N) is 2. The first-order valence-corrected chi connectivity index (χ1v) is 9.70. The molecular formula is C19H19N5O3S. The average molecular weight is 397 g/mol. The van der Waals surface area contributed by atoms with Gasteiger partial charge in [-0.1, -0.05) is 18.2 Å². The number of nitrogens with one attached hydrogen (secondary N) is 1. The van der Waals surface area contributed by atoms with E-state index in [1.165, 1.54) is 12.1 Å². The second-order valence-electron chi connectivity index (χ2n) is 5.90. The number of aryl methyl sites for hydroxylation is 1. The van der Waals surface area contributed by atoms with Crippen molar-refractivity contribution in [1.82, 2.24) is 0 Å². The van der Waals surface area contributed by atoms with E-state index in [0.29, 0.717) is 17.1 Å². The summed E-state index contributed by atoms with van der Waals surface area (Å²) in [5, 5.41) is 4.17. The molecule has 0 unspecified atom stereocenters. The van der Waals surface area contributed by atoms with Crippen LogP contribution in [0.4, 0.5) is 5.69 Å². The molecule has 0 amide bonds. The summed E-state index contributed by atoms with van der Waals surface area (Å²) in [5.41, 5.74) is 15.9. The Labute approximate surface area is 162 Å². The standard InChI is InChI=1S/C19H19N5O3S/c1-13-4-2-3-5-17(13)23-22-12-15-8-11-18(27-15)14-6-9-16(10-7-14)28(25,26)24-19(20)21/h2-12,23H,1H3,(H4,20,21,24)/b22-12-.